The number of aromatic nitrogens is 1. The van der Waals surface area contributed by atoms with Crippen LogP contribution in [0, 0.1) is 0 Å². The molecule has 2 heteroatoms. The van der Waals surface area contributed by atoms with Gasteiger partial charge in [0.05, 0.1) is 5.69 Å². The Balaban J connectivity index is 2.16. The largest absolute Gasteiger partial charge is 0.396 e. The number of nitrogens with zero attached hydrogens (tertiary/aromatic N) is 1. The van der Waals surface area contributed by atoms with Crippen molar-refractivity contribution in [3.63, 3.8) is 0 Å². The topological polar surface area (TPSA) is 33.1 Å². The molecule has 1 unspecified atom stereocenters. The second kappa shape index (κ2) is 8.35. The predicted octanol–water partition coefficient (Wildman–Crippen LogP) is 7.11. The molecule has 30 heavy (non-hydrogen) atoms. The molecule has 3 aromatic rings. The molecular formula is C28H35NO. The molecule has 0 aliphatic carbocycles. The summed E-state index contributed by atoms with van der Waals surface area (Å²) >= 11 is 0. The smallest absolute Gasteiger partial charge is 0.0711 e. The van der Waals surface area contributed by atoms with Crippen LogP contribution >= 0.6 is 0 Å². The maximum atomic E-state index is 9.69. The number of hydrogen-bond donors (Lipinski definition) is 1. The van der Waals surface area contributed by atoms with E-state index in [0.29, 0.717) is 0 Å². The van der Waals surface area contributed by atoms with E-state index in [9.17, 15) is 5.11 Å². The van der Waals surface area contributed by atoms with E-state index in [0.717, 1.165) is 16.8 Å². The second-order valence-corrected chi connectivity index (χ2v) is 10.4. The lowest BCUT2D eigenvalue weighted by molar-refractivity contribution is 0.273. The lowest BCUT2D eigenvalue weighted by atomic mass is 9.77. The number of pyridine rings is 1. The van der Waals surface area contributed by atoms with E-state index in [1.54, 1.807) is 0 Å². The van der Waals surface area contributed by atoms with Crippen LogP contribution in [0.4, 0.5) is 0 Å². The van der Waals surface area contributed by atoms with Crippen LogP contribution in [0.15, 0.2) is 60.8 Å². The molecule has 1 atom stereocenters. The van der Waals surface area contributed by atoms with E-state index in [4.69, 9.17) is 0 Å². The molecule has 1 heterocycles. The number of hydrogen-bond acceptors (Lipinski definition) is 2. The van der Waals surface area contributed by atoms with Crippen molar-refractivity contribution in [3.05, 3.63) is 77.5 Å². The minimum Gasteiger partial charge on any atom is -0.396 e. The van der Waals surface area contributed by atoms with Gasteiger partial charge in [-0.2, -0.15) is 0 Å². The van der Waals surface area contributed by atoms with Crippen LogP contribution in [0.1, 0.15) is 71.1 Å². The molecule has 3 rings (SSSR count). The third-order valence-electron chi connectivity index (χ3n) is 5.81. The molecular weight excluding hydrogens is 366 g/mol. The van der Waals surface area contributed by atoms with E-state index < -0.39 is 0 Å². The van der Waals surface area contributed by atoms with Crippen LogP contribution in [0.5, 0.6) is 0 Å². The number of rotatable bonds is 4. The highest BCUT2D eigenvalue weighted by Crippen LogP contribution is 2.38. The zero-order valence-corrected chi connectivity index (χ0v) is 19.5. The van der Waals surface area contributed by atoms with Gasteiger partial charge in [-0.3, -0.25) is 4.98 Å². The summed E-state index contributed by atoms with van der Waals surface area (Å²) in [6, 6.07) is 19.4. The van der Waals surface area contributed by atoms with Gasteiger partial charge in [-0.1, -0.05) is 90.9 Å². The van der Waals surface area contributed by atoms with E-state index in [1.165, 1.54) is 22.3 Å². The first-order valence-electron chi connectivity index (χ1n) is 10.8. The molecule has 158 valence electrons. The summed E-state index contributed by atoms with van der Waals surface area (Å²) in [6.45, 7) is 15.8. The third kappa shape index (κ3) is 4.65. The fourth-order valence-electron chi connectivity index (χ4n) is 3.89. The van der Waals surface area contributed by atoms with Crippen LogP contribution < -0.4 is 0 Å². The van der Waals surface area contributed by atoms with Crippen molar-refractivity contribution < 1.29 is 5.11 Å². The Labute approximate surface area is 182 Å². The summed E-state index contributed by atoms with van der Waals surface area (Å²) < 4.78 is 0. The van der Waals surface area contributed by atoms with Crippen LogP contribution in [-0.2, 0) is 10.8 Å². The Morgan fingerprint density at radius 2 is 1.53 bits per heavy atom. The summed E-state index contributed by atoms with van der Waals surface area (Å²) in [5.74, 6) is 0.0721. The summed E-state index contributed by atoms with van der Waals surface area (Å²) in [5.41, 5.74) is 8.45. The van der Waals surface area contributed by atoms with Crippen LogP contribution in [0.25, 0.3) is 22.4 Å². The molecule has 0 aliphatic heterocycles. The highest BCUT2D eigenvalue weighted by atomic mass is 16.3. The van der Waals surface area contributed by atoms with Gasteiger partial charge in [0, 0.05) is 24.3 Å². The van der Waals surface area contributed by atoms with E-state index in [1.807, 2.05) is 25.3 Å². The van der Waals surface area contributed by atoms with Crippen molar-refractivity contribution in [2.45, 2.75) is 65.2 Å². The summed E-state index contributed by atoms with van der Waals surface area (Å²) in [4.78, 5) is 4.68. The highest BCUT2D eigenvalue weighted by Gasteiger charge is 2.23. The highest BCUT2D eigenvalue weighted by molar-refractivity contribution is 5.75. The minimum atomic E-state index is 0.0311. The first kappa shape index (κ1) is 22.2. The quantitative estimate of drug-likeness (QED) is 0.505. The number of aliphatic hydroxyl groups excluding tert-OH is 1. The molecule has 0 spiro atoms. The van der Waals surface area contributed by atoms with Crippen molar-refractivity contribution in [2.75, 3.05) is 6.61 Å². The van der Waals surface area contributed by atoms with Crippen LogP contribution in [0.2, 0.25) is 0 Å². The predicted molar refractivity (Wildman–Crippen MR) is 128 cm³/mol. The van der Waals surface area contributed by atoms with Crippen molar-refractivity contribution in [3.8, 4) is 22.4 Å². The van der Waals surface area contributed by atoms with Gasteiger partial charge in [0.1, 0.15) is 0 Å². The lowest BCUT2D eigenvalue weighted by Crippen LogP contribution is -2.17. The van der Waals surface area contributed by atoms with E-state index in [2.05, 4.69) is 89.0 Å². The van der Waals surface area contributed by atoms with E-state index >= 15 is 0 Å². The van der Waals surface area contributed by atoms with Gasteiger partial charge in [-0.25, -0.2) is 0 Å². The zero-order valence-electron chi connectivity index (χ0n) is 19.5. The Morgan fingerprint density at radius 3 is 2.17 bits per heavy atom. The standard InChI is InChI=1S/C28H35NO/c1-19(18-30)22-10-8-9-11-24(22)26-16-20(14-15-29-26)23-13-12-21(27(2,3)4)17-25(23)28(5,6)7/h8-17,19,30H,18H2,1-7H3. The molecule has 1 N–H and O–H groups in total. The van der Waals surface area contributed by atoms with Gasteiger partial charge in [0.15, 0.2) is 0 Å². The second-order valence-electron chi connectivity index (χ2n) is 10.4. The van der Waals surface area contributed by atoms with Crippen molar-refractivity contribution in [1.29, 1.82) is 0 Å². The average molecular weight is 402 g/mol. The SMILES string of the molecule is CC(CO)c1ccccc1-c1cc(-c2ccc(C(C)(C)C)cc2C(C)(C)C)ccn1. The maximum Gasteiger partial charge on any atom is 0.0711 e. The fraction of sp³-hybridized carbons (Fsp3) is 0.393. The van der Waals surface area contributed by atoms with Crippen LogP contribution in [-0.4, -0.2) is 16.7 Å². The molecule has 2 aromatic carbocycles. The fourth-order valence-corrected chi connectivity index (χ4v) is 3.89. The molecule has 0 saturated heterocycles. The molecule has 0 amide bonds. The van der Waals surface area contributed by atoms with Gasteiger partial charge in [0.2, 0.25) is 0 Å². The first-order chi connectivity index (χ1) is 14.0. The van der Waals surface area contributed by atoms with Crippen molar-refractivity contribution in [2.24, 2.45) is 0 Å². The molecule has 0 saturated carbocycles. The Bertz CT molecular complexity index is 1020. The third-order valence-corrected chi connectivity index (χ3v) is 5.81. The van der Waals surface area contributed by atoms with Gasteiger partial charge < -0.3 is 5.11 Å². The molecule has 2 nitrogen and oxygen atoms in total. The summed E-state index contributed by atoms with van der Waals surface area (Å²) in [7, 11) is 0. The maximum absolute atomic E-state index is 9.69. The molecule has 1 aromatic heterocycles. The lowest BCUT2D eigenvalue weighted by Gasteiger charge is -2.28. The van der Waals surface area contributed by atoms with Gasteiger partial charge in [-0.15, -0.1) is 0 Å². The van der Waals surface area contributed by atoms with Gasteiger partial charge >= 0.3 is 0 Å². The Kier molecular flexibility index (Phi) is 6.19. The number of benzene rings is 2. The van der Waals surface area contributed by atoms with Crippen molar-refractivity contribution in [1.82, 2.24) is 4.98 Å². The minimum absolute atomic E-state index is 0.0311. The molecule has 0 aliphatic rings. The zero-order chi connectivity index (χ0) is 22.1. The molecule has 0 bridgehead atoms. The normalized spacial score (nSPS) is 13.3. The molecule has 0 fully saturated rings. The van der Waals surface area contributed by atoms with Crippen LogP contribution in [0.3, 0.4) is 0 Å². The molecule has 0 radical (unpaired) electrons. The van der Waals surface area contributed by atoms with E-state index in [-0.39, 0.29) is 23.4 Å². The van der Waals surface area contributed by atoms with Gasteiger partial charge in [-0.05, 0) is 50.8 Å². The number of aliphatic hydroxyl groups is 1. The van der Waals surface area contributed by atoms with Gasteiger partial charge in [0.25, 0.3) is 0 Å². The summed E-state index contributed by atoms with van der Waals surface area (Å²) in [5, 5.41) is 9.69. The Hall–Kier alpha value is -2.45. The van der Waals surface area contributed by atoms with Crippen molar-refractivity contribution >= 4 is 0 Å². The monoisotopic (exact) mass is 401 g/mol. The average Bonchev–Trinajstić information content (AvgIpc) is 2.71. The summed E-state index contributed by atoms with van der Waals surface area (Å²) in [6.07, 6.45) is 1.90. The first-order valence-corrected chi connectivity index (χ1v) is 10.8. The Morgan fingerprint density at radius 1 is 0.833 bits per heavy atom.